The first-order valence-corrected chi connectivity index (χ1v) is 8.12. The quantitative estimate of drug-likeness (QED) is 0.903. The molecule has 116 valence electrons. The average molecular weight is 288 g/mol. The van der Waals surface area contributed by atoms with Gasteiger partial charge in [-0.25, -0.2) is 0 Å². The maximum atomic E-state index is 13.2. The molecular formula is C18H28N2O. The van der Waals surface area contributed by atoms with Crippen molar-refractivity contribution in [2.24, 2.45) is 5.92 Å². The van der Waals surface area contributed by atoms with Crippen molar-refractivity contribution in [3.8, 4) is 0 Å². The van der Waals surface area contributed by atoms with Crippen LogP contribution in [0.5, 0.6) is 0 Å². The fourth-order valence-corrected chi connectivity index (χ4v) is 3.28. The predicted octanol–water partition coefficient (Wildman–Crippen LogP) is 2.81. The highest BCUT2D eigenvalue weighted by atomic mass is 16.2. The van der Waals surface area contributed by atoms with Gasteiger partial charge in [-0.3, -0.25) is 4.79 Å². The molecule has 1 fully saturated rings. The van der Waals surface area contributed by atoms with Crippen molar-refractivity contribution in [3.63, 3.8) is 0 Å². The second-order valence-corrected chi connectivity index (χ2v) is 6.40. The number of benzene rings is 1. The zero-order valence-corrected chi connectivity index (χ0v) is 13.6. The SMILES string of the molecule is CCC(C)CN(C)C(=O)C1(c2ccccc2)CCNCC1. The van der Waals surface area contributed by atoms with Crippen LogP contribution in [0.4, 0.5) is 0 Å². The van der Waals surface area contributed by atoms with Crippen LogP contribution in [-0.4, -0.2) is 37.5 Å². The van der Waals surface area contributed by atoms with E-state index in [1.54, 1.807) is 0 Å². The van der Waals surface area contributed by atoms with Crippen molar-refractivity contribution in [1.29, 1.82) is 0 Å². The molecule has 1 aliphatic rings. The van der Waals surface area contributed by atoms with Crippen LogP contribution >= 0.6 is 0 Å². The second-order valence-electron chi connectivity index (χ2n) is 6.40. The zero-order valence-electron chi connectivity index (χ0n) is 13.6. The number of carbonyl (C=O) groups is 1. The third kappa shape index (κ3) is 3.46. The number of rotatable bonds is 5. The molecule has 1 unspecified atom stereocenters. The van der Waals surface area contributed by atoms with Gasteiger partial charge in [-0.2, -0.15) is 0 Å². The number of carbonyl (C=O) groups excluding carboxylic acids is 1. The molecule has 3 nitrogen and oxygen atoms in total. The lowest BCUT2D eigenvalue weighted by Gasteiger charge is -2.40. The van der Waals surface area contributed by atoms with Crippen LogP contribution in [0.25, 0.3) is 0 Å². The molecule has 0 saturated carbocycles. The summed E-state index contributed by atoms with van der Waals surface area (Å²) in [7, 11) is 1.96. The van der Waals surface area contributed by atoms with Crippen LogP contribution in [0, 0.1) is 5.92 Å². The Hall–Kier alpha value is -1.35. The molecule has 1 aliphatic heterocycles. The van der Waals surface area contributed by atoms with Crippen molar-refractivity contribution in [2.45, 2.75) is 38.5 Å². The number of likely N-dealkylation sites (N-methyl/N-ethyl adjacent to an activating group) is 1. The average Bonchev–Trinajstić information content (AvgIpc) is 2.55. The van der Waals surface area contributed by atoms with Gasteiger partial charge in [-0.1, -0.05) is 50.6 Å². The fourth-order valence-electron chi connectivity index (χ4n) is 3.28. The molecule has 0 spiro atoms. The summed E-state index contributed by atoms with van der Waals surface area (Å²) in [6.45, 7) is 7.06. The number of nitrogens with zero attached hydrogens (tertiary/aromatic N) is 1. The monoisotopic (exact) mass is 288 g/mol. The topological polar surface area (TPSA) is 32.3 Å². The third-order valence-corrected chi connectivity index (χ3v) is 4.82. The Bertz CT molecular complexity index is 452. The van der Waals surface area contributed by atoms with Gasteiger partial charge in [0, 0.05) is 13.6 Å². The number of nitrogens with one attached hydrogen (secondary N) is 1. The summed E-state index contributed by atoms with van der Waals surface area (Å²) in [6, 6.07) is 10.3. The van der Waals surface area contributed by atoms with Crippen LogP contribution in [-0.2, 0) is 10.2 Å². The van der Waals surface area contributed by atoms with Crippen LogP contribution in [0.3, 0.4) is 0 Å². The molecule has 1 N–H and O–H groups in total. The molecule has 0 aromatic heterocycles. The molecule has 1 aromatic rings. The molecule has 1 saturated heterocycles. The number of piperidine rings is 1. The summed E-state index contributed by atoms with van der Waals surface area (Å²) >= 11 is 0. The molecule has 0 aliphatic carbocycles. The van der Waals surface area contributed by atoms with Crippen LogP contribution in [0.1, 0.15) is 38.7 Å². The van der Waals surface area contributed by atoms with E-state index in [1.165, 1.54) is 5.56 Å². The molecule has 0 bridgehead atoms. The second kappa shape index (κ2) is 7.08. The minimum Gasteiger partial charge on any atom is -0.345 e. The zero-order chi connectivity index (χ0) is 15.3. The highest BCUT2D eigenvalue weighted by Crippen LogP contribution is 2.35. The maximum absolute atomic E-state index is 13.2. The summed E-state index contributed by atoms with van der Waals surface area (Å²) in [5.74, 6) is 0.837. The predicted molar refractivity (Wildman–Crippen MR) is 87.3 cm³/mol. The molecule has 1 amide bonds. The van der Waals surface area contributed by atoms with Crippen molar-refractivity contribution >= 4 is 5.91 Å². The Morgan fingerprint density at radius 1 is 1.29 bits per heavy atom. The molecule has 0 radical (unpaired) electrons. The van der Waals surface area contributed by atoms with E-state index in [9.17, 15) is 4.79 Å². The number of hydrogen-bond acceptors (Lipinski definition) is 2. The number of amides is 1. The van der Waals surface area contributed by atoms with Gasteiger partial charge in [0.1, 0.15) is 0 Å². The van der Waals surface area contributed by atoms with Crippen LogP contribution in [0.2, 0.25) is 0 Å². The summed E-state index contributed by atoms with van der Waals surface area (Å²) in [4.78, 5) is 15.1. The fraction of sp³-hybridized carbons (Fsp3) is 0.611. The Kier molecular flexibility index (Phi) is 5.40. The van der Waals surface area contributed by atoms with Gasteiger partial charge in [-0.05, 0) is 37.4 Å². The molecule has 21 heavy (non-hydrogen) atoms. The van der Waals surface area contributed by atoms with E-state index in [-0.39, 0.29) is 11.3 Å². The lowest BCUT2D eigenvalue weighted by Crippen LogP contribution is -2.51. The van der Waals surface area contributed by atoms with Crippen molar-refractivity contribution in [1.82, 2.24) is 10.2 Å². The first kappa shape index (κ1) is 16.0. The molecule has 1 heterocycles. The van der Waals surface area contributed by atoms with Crippen molar-refractivity contribution in [3.05, 3.63) is 35.9 Å². The Morgan fingerprint density at radius 2 is 1.90 bits per heavy atom. The highest BCUT2D eigenvalue weighted by molar-refractivity contribution is 5.88. The van der Waals surface area contributed by atoms with E-state index >= 15 is 0 Å². The van der Waals surface area contributed by atoms with E-state index in [4.69, 9.17) is 0 Å². The van der Waals surface area contributed by atoms with Gasteiger partial charge in [0.05, 0.1) is 5.41 Å². The summed E-state index contributed by atoms with van der Waals surface area (Å²) < 4.78 is 0. The first-order valence-electron chi connectivity index (χ1n) is 8.12. The summed E-state index contributed by atoms with van der Waals surface area (Å²) in [5.41, 5.74) is 0.835. The minimum absolute atomic E-state index is 0.288. The third-order valence-electron chi connectivity index (χ3n) is 4.82. The van der Waals surface area contributed by atoms with Gasteiger partial charge in [-0.15, -0.1) is 0 Å². The molecular weight excluding hydrogens is 260 g/mol. The lowest BCUT2D eigenvalue weighted by molar-refractivity contribution is -0.137. The summed E-state index contributed by atoms with van der Waals surface area (Å²) in [5, 5.41) is 3.38. The lowest BCUT2D eigenvalue weighted by atomic mass is 9.72. The largest absolute Gasteiger partial charge is 0.345 e. The van der Waals surface area contributed by atoms with Gasteiger partial charge < -0.3 is 10.2 Å². The van der Waals surface area contributed by atoms with Crippen molar-refractivity contribution in [2.75, 3.05) is 26.7 Å². The standard InChI is InChI=1S/C18H28N2O/c1-4-15(2)14-20(3)17(21)18(10-12-19-13-11-18)16-8-6-5-7-9-16/h5-9,15,19H,4,10-14H2,1-3H3. The van der Waals surface area contributed by atoms with E-state index < -0.39 is 0 Å². The van der Waals surface area contributed by atoms with Gasteiger partial charge in [0.25, 0.3) is 0 Å². The molecule has 3 heteroatoms. The van der Waals surface area contributed by atoms with E-state index in [0.717, 1.165) is 38.9 Å². The van der Waals surface area contributed by atoms with E-state index in [1.807, 2.05) is 30.1 Å². The minimum atomic E-state index is -0.339. The Labute approximate surface area is 128 Å². The van der Waals surface area contributed by atoms with Crippen molar-refractivity contribution < 1.29 is 4.79 Å². The maximum Gasteiger partial charge on any atom is 0.233 e. The molecule has 1 aromatic carbocycles. The normalized spacial score (nSPS) is 19.0. The number of hydrogen-bond donors (Lipinski definition) is 1. The van der Waals surface area contributed by atoms with E-state index in [0.29, 0.717) is 5.92 Å². The molecule has 1 atom stereocenters. The van der Waals surface area contributed by atoms with Crippen LogP contribution in [0.15, 0.2) is 30.3 Å². The Balaban J connectivity index is 2.26. The van der Waals surface area contributed by atoms with Gasteiger partial charge in [0.2, 0.25) is 5.91 Å². The van der Waals surface area contributed by atoms with Gasteiger partial charge >= 0.3 is 0 Å². The first-order chi connectivity index (χ1) is 10.1. The molecule has 2 rings (SSSR count). The van der Waals surface area contributed by atoms with E-state index in [2.05, 4.69) is 31.3 Å². The summed E-state index contributed by atoms with van der Waals surface area (Å²) in [6.07, 6.45) is 2.89. The van der Waals surface area contributed by atoms with Gasteiger partial charge in [0.15, 0.2) is 0 Å². The smallest absolute Gasteiger partial charge is 0.233 e. The highest BCUT2D eigenvalue weighted by Gasteiger charge is 2.42. The Morgan fingerprint density at radius 3 is 2.48 bits per heavy atom. The van der Waals surface area contributed by atoms with Crippen LogP contribution < -0.4 is 5.32 Å².